The van der Waals surface area contributed by atoms with E-state index in [1.54, 1.807) is 24.1 Å². The van der Waals surface area contributed by atoms with Crippen LogP contribution in [0.2, 0.25) is 0 Å². The van der Waals surface area contributed by atoms with Gasteiger partial charge >= 0.3 is 5.97 Å². The molecule has 126 valence electrons. The number of thiazole rings is 1. The van der Waals surface area contributed by atoms with E-state index in [-0.39, 0.29) is 24.7 Å². The number of anilines is 1. The topological polar surface area (TPSA) is 99.6 Å². The number of hydrogen-bond acceptors (Lipinski definition) is 5. The molecule has 1 fully saturated rings. The van der Waals surface area contributed by atoms with Crippen molar-refractivity contribution in [3.8, 4) is 0 Å². The van der Waals surface area contributed by atoms with E-state index in [0.717, 1.165) is 6.42 Å². The normalized spacial score (nSPS) is 15.0. The number of carboxylic acid groups (broad SMARTS) is 1. The zero-order valence-corrected chi connectivity index (χ0v) is 14.1. The summed E-state index contributed by atoms with van der Waals surface area (Å²) in [6.07, 6.45) is 1.87. The fourth-order valence-corrected chi connectivity index (χ4v) is 3.29. The Labute approximate surface area is 138 Å². The first kappa shape index (κ1) is 17.4. The van der Waals surface area contributed by atoms with Crippen LogP contribution in [0.5, 0.6) is 0 Å². The Morgan fingerprint density at radius 1 is 1.48 bits per heavy atom. The van der Waals surface area contributed by atoms with E-state index in [2.05, 4.69) is 10.3 Å². The molecule has 0 radical (unpaired) electrons. The predicted octanol–water partition coefficient (Wildman–Crippen LogP) is 1.57. The molecule has 1 aliphatic rings. The minimum Gasteiger partial charge on any atom is -0.481 e. The van der Waals surface area contributed by atoms with Gasteiger partial charge in [-0.3, -0.25) is 19.3 Å². The van der Waals surface area contributed by atoms with Gasteiger partial charge in [-0.2, -0.15) is 0 Å². The molecule has 2 heterocycles. The average molecular weight is 339 g/mol. The highest BCUT2D eigenvalue weighted by Gasteiger charge is 2.25. The van der Waals surface area contributed by atoms with Crippen LogP contribution in [0.3, 0.4) is 0 Å². The lowest BCUT2D eigenvalue weighted by atomic mass is 9.98. The Hall–Kier alpha value is -1.96. The molecular formula is C15H21N3O4S. The Morgan fingerprint density at radius 3 is 2.83 bits per heavy atom. The van der Waals surface area contributed by atoms with Gasteiger partial charge in [0.25, 0.3) is 0 Å². The number of carbonyl (C=O) groups excluding carboxylic acids is 2. The molecule has 0 unspecified atom stereocenters. The third-order valence-electron chi connectivity index (χ3n) is 3.63. The third kappa shape index (κ3) is 5.02. The highest BCUT2D eigenvalue weighted by atomic mass is 32.1. The van der Waals surface area contributed by atoms with Gasteiger partial charge in [-0.1, -0.05) is 0 Å². The number of nitrogens with zero attached hydrogens (tertiary/aromatic N) is 2. The number of aliphatic carboxylic acids is 1. The fourth-order valence-electron chi connectivity index (χ4n) is 2.42. The lowest BCUT2D eigenvalue weighted by Gasteiger charge is -2.25. The van der Waals surface area contributed by atoms with Gasteiger partial charge in [-0.15, -0.1) is 11.3 Å². The van der Waals surface area contributed by atoms with Crippen molar-refractivity contribution in [3.63, 3.8) is 0 Å². The fraction of sp³-hybridized carbons (Fsp3) is 0.600. The molecule has 1 aromatic heterocycles. The van der Waals surface area contributed by atoms with Gasteiger partial charge in [0.05, 0.1) is 12.1 Å². The molecule has 0 bridgehead atoms. The van der Waals surface area contributed by atoms with Crippen molar-refractivity contribution in [1.82, 2.24) is 10.3 Å². The van der Waals surface area contributed by atoms with Gasteiger partial charge < -0.3 is 10.4 Å². The number of nitrogens with one attached hydrogen (secondary N) is 1. The quantitative estimate of drug-likeness (QED) is 0.785. The molecule has 8 heteroatoms. The molecule has 2 N–H and O–H groups in total. The first-order valence-electron chi connectivity index (χ1n) is 7.54. The van der Waals surface area contributed by atoms with Gasteiger partial charge in [0.1, 0.15) is 0 Å². The van der Waals surface area contributed by atoms with Crippen LogP contribution in [-0.2, 0) is 20.8 Å². The number of rotatable bonds is 7. The number of aromatic nitrogens is 1. The smallest absolute Gasteiger partial charge is 0.303 e. The van der Waals surface area contributed by atoms with E-state index in [9.17, 15) is 14.4 Å². The zero-order valence-electron chi connectivity index (χ0n) is 13.3. The minimum absolute atomic E-state index is 0.00516. The number of hydrogen-bond donors (Lipinski definition) is 2. The van der Waals surface area contributed by atoms with Crippen molar-refractivity contribution in [2.45, 2.75) is 51.5 Å². The maximum atomic E-state index is 12.1. The summed E-state index contributed by atoms with van der Waals surface area (Å²) in [5.74, 6) is -1.01. The van der Waals surface area contributed by atoms with Crippen molar-refractivity contribution < 1.29 is 19.5 Å². The summed E-state index contributed by atoms with van der Waals surface area (Å²) in [5, 5.41) is 14.0. The first-order chi connectivity index (χ1) is 10.8. The van der Waals surface area contributed by atoms with Crippen molar-refractivity contribution in [2.75, 3.05) is 11.4 Å². The Morgan fingerprint density at radius 2 is 2.22 bits per heavy atom. The summed E-state index contributed by atoms with van der Waals surface area (Å²) in [6, 6.07) is 0. The zero-order chi connectivity index (χ0) is 17.0. The molecule has 0 saturated carbocycles. The molecule has 23 heavy (non-hydrogen) atoms. The monoisotopic (exact) mass is 339 g/mol. The molecule has 2 rings (SSSR count). The second kappa shape index (κ2) is 7.08. The van der Waals surface area contributed by atoms with Gasteiger partial charge in [-0.25, -0.2) is 4.98 Å². The van der Waals surface area contributed by atoms with E-state index in [0.29, 0.717) is 30.2 Å². The van der Waals surface area contributed by atoms with Crippen LogP contribution < -0.4 is 10.2 Å². The van der Waals surface area contributed by atoms with E-state index in [4.69, 9.17) is 5.11 Å². The molecular weight excluding hydrogens is 318 g/mol. The summed E-state index contributed by atoms with van der Waals surface area (Å²) in [7, 11) is 0. The Balaban J connectivity index is 1.89. The van der Waals surface area contributed by atoms with Gasteiger partial charge in [0.2, 0.25) is 11.8 Å². The lowest BCUT2D eigenvalue weighted by molar-refractivity contribution is -0.137. The molecule has 0 aliphatic carbocycles. The van der Waals surface area contributed by atoms with Crippen LogP contribution in [0.4, 0.5) is 5.13 Å². The first-order valence-corrected chi connectivity index (χ1v) is 8.42. The average Bonchev–Trinajstić information content (AvgIpc) is 3.04. The third-order valence-corrected chi connectivity index (χ3v) is 4.54. The molecule has 0 aromatic carbocycles. The molecule has 1 aromatic rings. The van der Waals surface area contributed by atoms with Crippen molar-refractivity contribution >= 4 is 34.3 Å². The maximum Gasteiger partial charge on any atom is 0.303 e. The van der Waals surface area contributed by atoms with E-state index < -0.39 is 11.5 Å². The van der Waals surface area contributed by atoms with E-state index >= 15 is 0 Å². The predicted molar refractivity (Wildman–Crippen MR) is 86.5 cm³/mol. The van der Waals surface area contributed by atoms with E-state index in [1.807, 2.05) is 0 Å². The lowest BCUT2D eigenvalue weighted by Crippen LogP contribution is -2.44. The summed E-state index contributed by atoms with van der Waals surface area (Å²) in [5.41, 5.74) is 0.0374. The maximum absolute atomic E-state index is 12.1. The molecule has 2 amide bonds. The Kier molecular flexibility index (Phi) is 5.35. The highest BCUT2D eigenvalue weighted by Crippen LogP contribution is 2.25. The molecule has 0 atom stereocenters. The number of carbonyl (C=O) groups is 3. The molecule has 1 saturated heterocycles. The van der Waals surface area contributed by atoms with Gasteiger partial charge in [0.15, 0.2) is 5.13 Å². The van der Waals surface area contributed by atoms with Crippen molar-refractivity contribution in [3.05, 3.63) is 11.1 Å². The van der Waals surface area contributed by atoms with E-state index in [1.165, 1.54) is 11.3 Å². The second-order valence-electron chi connectivity index (χ2n) is 6.27. The standard InChI is InChI=1S/C15H21N3O4S/c1-15(2,6-5-13(21)22)17-11(19)8-10-9-23-14(16-10)18-7-3-4-12(18)20/h9H,3-8H2,1-2H3,(H,17,19)(H,21,22). The van der Waals surface area contributed by atoms with Crippen LogP contribution in [0.25, 0.3) is 0 Å². The largest absolute Gasteiger partial charge is 0.481 e. The van der Waals surface area contributed by atoms with Crippen molar-refractivity contribution in [1.29, 1.82) is 0 Å². The summed E-state index contributed by atoms with van der Waals surface area (Å²) in [4.78, 5) is 40.4. The van der Waals surface area contributed by atoms with Crippen LogP contribution in [0.1, 0.15) is 45.2 Å². The van der Waals surface area contributed by atoms with Crippen LogP contribution >= 0.6 is 11.3 Å². The summed E-state index contributed by atoms with van der Waals surface area (Å²) < 4.78 is 0. The summed E-state index contributed by atoms with van der Waals surface area (Å²) >= 11 is 1.36. The van der Waals surface area contributed by atoms with Crippen LogP contribution in [-0.4, -0.2) is 40.0 Å². The SMILES string of the molecule is CC(C)(CCC(=O)O)NC(=O)Cc1csc(N2CCCC2=O)n1. The molecule has 1 aliphatic heterocycles. The van der Waals surface area contributed by atoms with Crippen molar-refractivity contribution in [2.24, 2.45) is 0 Å². The Bertz CT molecular complexity index is 612. The number of carboxylic acids is 1. The van der Waals surface area contributed by atoms with Gasteiger partial charge in [0, 0.05) is 30.3 Å². The minimum atomic E-state index is -0.883. The highest BCUT2D eigenvalue weighted by molar-refractivity contribution is 7.14. The second-order valence-corrected chi connectivity index (χ2v) is 7.11. The molecule has 0 spiro atoms. The molecule has 7 nitrogen and oxygen atoms in total. The van der Waals surface area contributed by atoms with Gasteiger partial charge in [-0.05, 0) is 26.7 Å². The summed E-state index contributed by atoms with van der Waals surface area (Å²) in [6.45, 7) is 4.27. The van der Waals surface area contributed by atoms with Crippen LogP contribution in [0.15, 0.2) is 5.38 Å². The van der Waals surface area contributed by atoms with Crippen LogP contribution in [0, 0.1) is 0 Å². The number of amides is 2.